The first kappa shape index (κ1) is 13.5. The molecule has 0 radical (unpaired) electrons. The number of aliphatic hydroxyl groups is 2. The summed E-state index contributed by atoms with van der Waals surface area (Å²) >= 11 is 0. The van der Waals surface area contributed by atoms with E-state index in [1.165, 1.54) is 6.07 Å². The van der Waals surface area contributed by atoms with Crippen LogP contribution < -0.4 is 5.73 Å². The van der Waals surface area contributed by atoms with Crippen LogP contribution in [-0.2, 0) is 0 Å². The van der Waals surface area contributed by atoms with Crippen molar-refractivity contribution in [2.24, 2.45) is 5.73 Å². The lowest BCUT2D eigenvalue weighted by molar-refractivity contribution is -0.387. The molecule has 1 aromatic rings. The molecule has 17 heavy (non-hydrogen) atoms. The highest BCUT2D eigenvalue weighted by molar-refractivity contribution is 5.37. The zero-order valence-corrected chi connectivity index (χ0v) is 8.91. The Morgan fingerprint density at radius 3 is 2.65 bits per heavy atom. The molecule has 2 unspecified atom stereocenters. The fourth-order valence-corrected chi connectivity index (χ4v) is 1.40. The number of aliphatic hydroxyl groups excluding tert-OH is 2. The fourth-order valence-electron chi connectivity index (χ4n) is 1.40. The van der Waals surface area contributed by atoms with Gasteiger partial charge >= 0.3 is 5.69 Å². The van der Waals surface area contributed by atoms with Crippen LogP contribution in [0.2, 0.25) is 0 Å². The van der Waals surface area contributed by atoms with E-state index in [2.05, 4.69) is 0 Å². The zero-order chi connectivity index (χ0) is 13.0. The van der Waals surface area contributed by atoms with E-state index in [0.29, 0.717) is 0 Å². The molecule has 0 heterocycles. The van der Waals surface area contributed by atoms with Gasteiger partial charge in [0.15, 0.2) is 0 Å². The SMILES string of the molecule is NCCC(O)C(O)c1ccc(F)c([N+](=O)[O-])c1. The minimum Gasteiger partial charge on any atom is -0.390 e. The van der Waals surface area contributed by atoms with Crippen molar-refractivity contribution in [3.05, 3.63) is 39.7 Å². The van der Waals surface area contributed by atoms with Crippen LogP contribution in [0.25, 0.3) is 0 Å². The van der Waals surface area contributed by atoms with E-state index < -0.39 is 28.6 Å². The third kappa shape index (κ3) is 3.19. The van der Waals surface area contributed by atoms with E-state index in [9.17, 15) is 24.7 Å². The lowest BCUT2D eigenvalue weighted by Crippen LogP contribution is -2.21. The molecule has 0 aromatic heterocycles. The monoisotopic (exact) mass is 244 g/mol. The van der Waals surface area contributed by atoms with Gasteiger partial charge in [-0.2, -0.15) is 4.39 Å². The van der Waals surface area contributed by atoms with Crippen LogP contribution in [0.4, 0.5) is 10.1 Å². The smallest absolute Gasteiger partial charge is 0.305 e. The molecule has 4 N–H and O–H groups in total. The summed E-state index contributed by atoms with van der Waals surface area (Å²) in [5.41, 5.74) is 4.56. The number of nitro benzene ring substituents is 1. The van der Waals surface area contributed by atoms with Crippen molar-refractivity contribution < 1.29 is 19.5 Å². The Balaban J connectivity index is 2.99. The van der Waals surface area contributed by atoms with Gasteiger partial charge in [0.25, 0.3) is 0 Å². The van der Waals surface area contributed by atoms with Gasteiger partial charge in [-0.1, -0.05) is 6.07 Å². The molecule has 6 nitrogen and oxygen atoms in total. The number of benzene rings is 1. The Bertz CT molecular complexity index is 413. The van der Waals surface area contributed by atoms with E-state index in [1.807, 2.05) is 0 Å². The molecule has 0 aliphatic rings. The molecule has 0 spiro atoms. The molecule has 2 atom stereocenters. The Hall–Kier alpha value is -1.57. The Morgan fingerprint density at radius 2 is 2.12 bits per heavy atom. The minimum absolute atomic E-state index is 0.0825. The maximum atomic E-state index is 13.0. The predicted molar refractivity (Wildman–Crippen MR) is 57.7 cm³/mol. The van der Waals surface area contributed by atoms with E-state index in [0.717, 1.165) is 12.1 Å². The number of halogens is 1. The molecular formula is C10H13FN2O4. The van der Waals surface area contributed by atoms with Crippen LogP contribution in [-0.4, -0.2) is 27.8 Å². The standard InChI is InChI=1S/C10H13FN2O4/c11-7-2-1-6(5-8(7)13(16)17)10(15)9(14)3-4-12/h1-2,5,9-10,14-15H,3-4,12H2. The van der Waals surface area contributed by atoms with Gasteiger partial charge in [0.2, 0.25) is 5.82 Å². The molecule has 7 heteroatoms. The Kier molecular flexibility index (Phi) is 4.50. The third-order valence-corrected chi connectivity index (χ3v) is 2.34. The highest BCUT2D eigenvalue weighted by Gasteiger charge is 2.22. The Morgan fingerprint density at radius 1 is 1.47 bits per heavy atom. The summed E-state index contributed by atoms with van der Waals surface area (Å²) in [6.07, 6.45) is -2.31. The number of nitro groups is 1. The molecule has 1 rings (SSSR count). The second-order valence-corrected chi connectivity index (χ2v) is 3.56. The molecule has 94 valence electrons. The van der Waals surface area contributed by atoms with Gasteiger partial charge in [0, 0.05) is 6.07 Å². The second-order valence-electron chi connectivity index (χ2n) is 3.56. The van der Waals surface area contributed by atoms with Crippen molar-refractivity contribution in [1.29, 1.82) is 0 Å². The lowest BCUT2D eigenvalue weighted by atomic mass is 10.0. The minimum atomic E-state index is -1.32. The molecule has 0 aliphatic heterocycles. The van der Waals surface area contributed by atoms with Crippen molar-refractivity contribution in [1.82, 2.24) is 0 Å². The number of hydrogen-bond acceptors (Lipinski definition) is 5. The Labute approximate surface area is 96.6 Å². The number of rotatable bonds is 5. The normalized spacial score (nSPS) is 14.4. The van der Waals surface area contributed by atoms with Gasteiger partial charge in [0.1, 0.15) is 6.10 Å². The summed E-state index contributed by atoms with van der Waals surface area (Å²) in [5, 5.41) is 29.6. The molecule has 0 saturated heterocycles. The summed E-state index contributed by atoms with van der Waals surface area (Å²) in [7, 11) is 0. The molecule has 1 aromatic carbocycles. The van der Waals surface area contributed by atoms with Crippen molar-refractivity contribution >= 4 is 5.69 Å². The van der Waals surface area contributed by atoms with Crippen molar-refractivity contribution in [2.45, 2.75) is 18.6 Å². The van der Waals surface area contributed by atoms with E-state index in [4.69, 9.17) is 5.73 Å². The molecule has 0 amide bonds. The summed E-state index contributed by atoms with van der Waals surface area (Å²) in [6.45, 7) is 0.168. The van der Waals surface area contributed by atoms with Crippen LogP contribution in [0.3, 0.4) is 0 Å². The molecular weight excluding hydrogens is 231 g/mol. The third-order valence-electron chi connectivity index (χ3n) is 2.34. The molecule has 0 fully saturated rings. The first-order chi connectivity index (χ1) is 7.97. The first-order valence-electron chi connectivity index (χ1n) is 4.97. The largest absolute Gasteiger partial charge is 0.390 e. The van der Waals surface area contributed by atoms with E-state index in [-0.39, 0.29) is 18.5 Å². The quantitative estimate of drug-likeness (QED) is 0.515. The topological polar surface area (TPSA) is 110 Å². The number of nitrogens with zero attached hydrogens (tertiary/aromatic N) is 1. The van der Waals surface area contributed by atoms with Crippen molar-refractivity contribution in [3.8, 4) is 0 Å². The second kappa shape index (κ2) is 5.67. The van der Waals surface area contributed by atoms with E-state index in [1.54, 1.807) is 0 Å². The van der Waals surface area contributed by atoms with Gasteiger partial charge < -0.3 is 15.9 Å². The maximum Gasteiger partial charge on any atom is 0.305 e. The number of hydrogen-bond donors (Lipinski definition) is 3. The van der Waals surface area contributed by atoms with E-state index >= 15 is 0 Å². The fraction of sp³-hybridized carbons (Fsp3) is 0.400. The van der Waals surface area contributed by atoms with Crippen LogP contribution in [0.5, 0.6) is 0 Å². The van der Waals surface area contributed by atoms with Crippen molar-refractivity contribution in [2.75, 3.05) is 6.54 Å². The summed E-state index contributed by atoms with van der Waals surface area (Å²) in [5.74, 6) is -0.987. The summed E-state index contributed by atoms with van der Waals surface area (Å²) in [4.78, 5) is 9.61. The van der Waals surface area contributed by atoms with Crippen LogP contribution in [0.1, 0.15) is 18.1 Å². The summed E-state index contributed by atoms with van der Waals surface area (Å²) < 4.78 is 13.0. The lowest BCUT2D eigenvalue weighted by Gasteiger charge is -2.17. The van der Waals surface area contributed by atoms with Crippen LogP contribution in [0.15, 0.2) is 18.2 Å². The van der Waals surface area contributed by atoms with Gasteiger partial charge in [-0.3, -0.25) is 10.1 Å². The van der Waals surface area contributed by atoms with Gasteiger partial charge in [-0.15, -0.1) is 0 Å². The molecule has 0 aliphatic carbocycles. The van der Waals surface area contributed by atoms with Crippen LogP contribution in [0, 0.1) is 15.9 Å². The zero-order valence-electron chi connectivity index (χ0n) is 8.91. The average molecular weight is 244 g/mol. The van der Waals surface area contributed by atoms with Crippen LogP contribution >= 0.6 is 0 Å². The predicted octanol–water partition coefficient (Wildman–Crippen LogP) is 0.477. The highest BCUT2D eigenvalue weighted by atomic mass is 19.1. The van der Waals surface area contributed by atoms with Crippen molar-refractivity contribution in [3.63, 3.8) is 0 Å². The highest BCUT2D eigenvalue weighted by Crippen LogP contribution is 2.25. The maximum absolute atomic E-state index is 13.0. The van der Waals surface area contributed by atoms with Gasteiger partial charge in [-0.25, -0.2) is 0 Å². The molecule has 0 saturated carbocycles. The first-order valence-corrected chi connectivity index (χ1v) is 4.97. The van der Waals surface area contributed by atoms with Gasteiger partial charge in [0.05, 0.1) is 11.0 Å². The van der Waals surface area contributed by atoms with Gasteiger partial charge in [-0.05, 0) is 24.6 Å². The summed E-state index contributed by atoms with van der Waals surface area (Å²) in [6, 6.07) is 2.97. The average Bonchev–Trinajstić information content (AvgIpc) is 2.28. The number of nitrogens with two attached hydrogens (primary N) is 1. The molecule has 0 bridgehead atoms.